The number of carbonyl (C=O) groups is 2. The van der Waals surface area contributed by atoms with Crippen LogP contribution in [0.25, 0.3) is 0 Å². The number of hydrogen-bond acceptors (Lipinski definition) is 2. The van der Waals surface area contributed by atoms with Crippen LogP contribution in [0, 0.1) is 5.41 Å². The van der Waals surface area contributed by atoms with Gasteiger partial charge in [0.25, 0.3) is 0 Å². The molecule has 0 spiro atoms. The van der Waals surface area contributed by atoms with Gasteiger partial charge in [0, 0.05) is 17.4 Å². The molecule has 2 N–H and O–H groups in total. The third-order valence-electron chi connectivity index (χ3n) is 1.81. The molecule has 12 heavy (non-hydrogen) atoms. The monoisotopic (exact) mass is 169 g/mol. The summed E-state index contributed by atoms with van der Waals surface area (Å²) in [6, 6.07) is 0. The first-order valence-corrected chi connectivity index (χ1v) is 3.76. The summed E-state index contributed by atoms with van der Waals surface area (Å²) in [5.41, 5.74) is 4.84. The van der Waals surface area contributed by atoms with Crippen LogP contribution < -0.4 is 5.73 Å². The topological polar surface area (TPSA) is 60.2 Å². The lowest BCUT2D eigenvalue weighted by Crippen LogP contribution is -2.27. The van der Waals surface area contributed by atoms with E-state index in [2.05, 4.69) is 6.58 Å². The van der Waals surface area contributed by atoms with E-state index in [9.17, 15) is 9.59 Å². The molecule has 3 nitrogen and oxygen atoms in total. The van der Waals surface area contributed by atoms with Crippen molar-refractivity contribution in [1.29, 1.82) is 0 Å². The number of rotatable bonds is 4. The highest BCUT2D eigenvalue weighted by Gasteiger charge is 2.26. The molecule has 0 aliphatic rings. The second kappa shape index (κ2) is 3.52. The molecule has 3 heteroatoms. The Morgan fingerprint density at radius 3 is 2.08 bits per heavy atom. The summed E-state index contributed by atoms with van der Waals surface area (Å²) in [6.45, 7) is 8.59. The largest absolute Gasteiger partial charge is 0.366 e. The summed E-state index contributed by atoms with van der Waals surface area (Å²) < 4.78 is 0. The number of hydrogen-bond donors (Lipinski definition) is 1. The van der Waals surface area contributed by atoms with Gasteiger partial charge in [0.05, 0.1) is 0 Å². The summed E-state index contributed by atoms with van der Waals surface area (Å²) in [5.74, 6) is -0.511. The Labute approximate surface area is 72.6 Å². The first kappa shape index (κ1) is 10.9. The third-order valence-corrected chi connectivity index (χ3v) is 1.81. The predicted molar refractivity (Wildman–Crippen MR) is 47.4 cm³/mol. The molecule has 0 rings (SSSR count). The second-order valence-electron chi connectivity index (χ2n) is 3.61. The molecule has 0 aliphatic carbocycles. The minimum absolute atomic E-state index is 0.0300. The Hall–Kier alpha value is -1.12. The van der Waals surface area contributed by atoms with E-state index in [4.69, 9.17) is 5.73 Å². The number of nitrogens with two attached hydrogens (primary N) is 1. The maximum atomic E-state index is 10.8. The summed E-state index contributed by atoms with van der Waals surface area (Å²) in [4.78, 5) is 21.5. The van der Waals surface area contributed by atoms with E-state index in [1.807, 2.05) is 0 Å². The van der Waals surface area contributed by atoms with Gasteiger partial charge in [0.2, 0.25) is 5.91 Å². The van der Waals surface area contributed by atoms with Gasteiger partial charge < -0.3 is 5.73 Å². The van der Waals surface area contributed by atoms with Crippen molar-refractivity contribution >= 4 is 11.7 Å². The average Bonchev–Trinajstić information content (AvgIpc) is 1.82. The van der Waals surface area contributed by atoms with Crippen LogP contribution in [0.3, 0.4) is 0 Å². The molecule has 68 valence electrons. The lowest BCUT2D eigenvalue weighted by Gasteiger charge is -2.23. The molecule has 0 saturated carbocycles. The van der Waals surface area contributed by atoms with Gasteiger partial charge in [-0.2, -0.15) is 0 Å². The average molecular weight is 169 g/mol. The van der Waals surface area contributed by atoms with Crippen molar-refractivity contribution in [2.75, 3.05) is 0 Å². The molecular weight excluding hydrogens is 154 g/mol. The molecule has 0 saturated heterocycles. The van der Waals surface area contributed by atoms with Crippen LogP contribution in [0.2, 0.25) is 0 Å². The number of amides is 1. The normalized spacial score (nSPS) is 10.9. The molecule has 0 unspecified atom stereocenters. The third kappa shape index (κ3) is 2.86. The molecule has 0 fully saturated rings. The number of carbonyl (C=O) groups excluding carboxylic acids is 2. The lowest BCUT2D eigenvalue weighted by molar-refractivity contribution is -0.119. The molecule has 0 aromatic carbocycles. The fraction of sp³-hybridized carbons (Fsp3) is 0.556. The summed E-state index contributed by atoms with van der Waals surface area (Å²) in [5, 5.41) is 0. The molecular formula is C9H15NO2. The van der Waals surface area contributed by atoms with E-state index in [0.717, 1.165) is 0 Å². The van der Waals surface area contributed by atoms with Gasteiger partial charge in [-0.15, -0.1) is 0 Å². The highest BCUT2D eigenvalue weighted by molar-refractivity contribution is 5.93. The summed E-state index contributed by atoms with van der Waals surface area (Å²) in [7, 11) is 0. The van der Waals surface area contributed by atoms with Crippen LogP contribution in [0.15, 0.2) is 12.2 Å². The lowest BCUT2D eigenvalue weighted by atomic mass is 9.80. The predicted octanol–water partition coefficient (Wildman–Crippen LogP) is 1.03. The van der Waals surface area contributed by atoms with Gasteiger partial charge >= 0.3 is 0 Å². The number of Topliss-reactive ketones (excluding diaryl/α,β-unsaturated/α-hetero) is 1. The van der Waals surface area contributed by atoms with Crippen molar-refractivity contribution in [3.63, 3.8) is 0 Å². The molecule has 0 aliphatic heterocycles. The molecule has 0 aromatic heterocycles. The van der Waals surface area contributed by atoms with Gasteiger partial charge in [-0.05, 0) is 6.92 Å². The van der Waals surface area contributed by atoms with Crippen molar-refractivity contribution < 1.29 is 9.59 Å². The first-order chi connectivity index (χ1) is 5.27. The van der Waals surface area contributed by atoms with Crippen molar-refractivity contribution in [1.82, 2.24) is 0 Å². The Morgan fingerprint density at radius 1 is 1.42 bits per heavy atom. The molecule has 0 bridgehead atoms. The fourth-order valence-electron chi connectivity index (χ4n) is 1.06. The Kier molecular flexibility index (Phi) is 3.19. The minimum Gasteiger partial charge on any atom is -0.366 e. The molecule has 0 aromatic rings. The minimum atomic E-state index is -0.541. The molecule has 0 heterocycles. The van der Waals surface area contributed by atoms with Crippen molar-refractivity contribution in [2.45, 2.75) is 27.2 Å². The summed E-state index contributed by atoms with van der Waals surface area (Å²) >= 11 is 0. The van der Waals surface area contributed by atoms with E-state index < -0.39 is 11.3 Å². The van der Waals surface area contributed by atoms with E-state index in [1.54, 1.807) is 13.8 Å². The van der Waals surface area contributed by atoms with Crippen LogP contribution in [0.1, 0.15) is 27.2 Å². The molecule has 1 amide bonds. The Bertz CT molecular complexity index is 229. The van der Waals surface area contributed by atoms with Gasteiger partial charge in [0.1, 0.15) is 5.78 Å². The Morgan fingerprint density at radius 2 is 1.83 bits per heavy atom. The van der Waals surface area contributed by atoms with Gasteiger partial charge in [-0.3, -0.25) is 9.59 Å². The van der Waals surface area contributed by atoms with E-state index in [1.165, 1.54) is 6.92 Å². The zero-order valence-corrected chi connectivity index (χ0v) is 7.81. The van der Waals surface area contributed by atoms with Crippen LogP contribution >= 0.6 is 0 Å². The van der Waals surface area contributed by atoms with Crippen molar-refractivity contribution in [2.24, 2.45) is 11.1 Å². The van der Waals surface area contributed by atoms with Crippen molar-refractivity contribution in [3.8, 4) is 0 Å². The zero-order chi connectivity index (χ0) is 9.94. The second-order valence-corrected chi connectivity index (χ2v) is 3.61. The smallest absolute Gasteiger partial charge is 0.244 e. The van der Waals surface area contributed by atoms with E-state index in [0.29, 0.717) is 12.0 Å². The van der Waals surface area contributed by atoms with Gasteiger partial charge in [-0.25, -0.2) is 0 Å². The van der Waals surface area contributed by atoms with Crippen LogP contribution in [-0.2, 0) is 9.59 Å². The Balaban J connectivity index is 4.50. The van der Waals surface area contributed by atoms with E-state index in [-0.39, 0.29) is 5.78 Å². The zero-order valence-electron chi connectivity index (χ0n) is 7.81. The molecule has 0 radical (unpaired) electrons. The van der Waals surface area contributed by atoms with Crippen LogP contribution in [0.5, 0.6) is 0 Å². The fourth-order valence-corrected chi connectivity index (χ4v) is 1.06. The highest BCUT2D eigenvalue weighted by atomic mass is 16.1. The highest BCUT2D eigenvalue weighted by Crippen LogP contribution is 2.28. The number of ketones is 1. The quantitative estimate of drug-likeness (QED) is 0.639. The van der Waals surface area contributed by atoms with Gasteiger partial charge in [-0.1, -0.05) is 20.4 Å². The standard InChI is InChI=1S/C9H15NO2/c1-6(11)5-9(3,4)7(2)8(10)12/h2,5H2,1,3-4H3,(H2,10,12). The SMILES string of the molecule is C=C(C(N)=O)C(C)(C)CC(C)=O. The summed E-state index contributed by atoms with van der Waals surface area (Å²) in [6.07, 6.45) is 0.300. The maximum absolute atomic E-state index is 10.8. The van der Waals surface area contributed by atoms with Crippen molar-refractivity contribution in [3.05, 3.63) is 12.2 Å². The maximum Gasteiger partial charge on any atom is 0.244 e. The van der Waals surface area contributed by atoms with Gasteiger partial charge in [0.15, 0.2) is 0 Å². The number of primary amides is 1. The van der Waals surface area contributed by atoms with Crippen LogP contribution in [0.4, 0.5) is 0 Å². The van der Waals surface area contributed by atoms with Crippen LogP contribution in [-0.4, -0.2) is 11.7 Å². The van der Waals surface area contributed by atoms with E-state index >= 15 is 0 Å². The first-order valence-electron chi connectivity index (χ1n) is 3.76. The molecule has 0 atom stereocenters.